The number of imidazole rings is 1. The topological polar surface area (TPSA) is 116 Å². The van der Waals surface area contributed by atoms with Crippen LogP contribution >= 0.6 is 0 Å². The summed E-state index contributed by atoms with van der Waals surface area (Å²) >= 11 is 0. The number of nitrogens with one attached hydrogen (secondary N) is 1. The molecular weight excluding hydrogens is 478 g/mol. The molecule has 36 heavy (non-hydrogen) atoms. The van der Waals surface area contributed by atoms with Crippen molar-refractivity contribution in [3.63, 3.8) is 0 Å². The average molecular weight is 500 g/mol. The maximum atomic E-state index is 13.1. The van der Waals surface area contributed by atoms with Crippen LogP contribution in [-0.4, -0.2) is 39.9 Å². The summed E-state index contributed by atoms with van der Waals surface area (Å²) in [5.74, 6) is -0.381. The molecule has 0 aliphatic rings. The van der Waals surface area contributed by atoms with Gasteiger partial charge in [0, 0.05) is 54.4 Å². The van der Waals surface area contributed by atoms with Gasteiger partial charge >= 0.3 is 0 Å². The second-order valence-electron chi connectivity index (χ2n) is 8.14. The van der Waals surface area contributed by atoms with E-state index in [1.807, 2.05) is 48.0 Å². The predicted octanol–water partition coefficient (Wildman–Crippen LogP) is 4.55. The summed E-state index contributed by atoms with van der Waals surface area (Å²) in [6.07, 6.45) is 7.60. The molecule has 1 N–H and O–H groups in total. The summed E-state index contributed by atoms with van der Waals surface area (Å²) in [6, 6.07) is 17.5. The van der Waals surface area contributed by atoms with Crippen molar-refractivity contribution in [3.8, 4) is 22.9 Å². The third-order valence-electron chi connectivity index (χ3n) is 5.44. The largest absolute Gasteiger partial charge is 0.437 e. The van der Waals surface area contributed by atoms with E-state index in [2.05, 4.69) is 15.3 Å². The molecule has 1 amide bonds. The number of amides is 1. The normalized spacial score (nSPS) is 11.4. The van der Waals surface area contributed by atoms with E-state index >= 15 is 0 Å². The summed E-state index contributed by atoms with van der Waals surface area (Å²) in [6.45, 7) is 2.01. The van der Waals surface area contributed by atoms with Gasteiger partial charge in [0.05, 0.1) is 10.6 Å². The second kappa shape index (κ2) is 9.23. The molecular formula is C26H21N5O4S. The van der Waals surface area contributed by atoms with Crippen molar-refractivity contribution in [2.45, 2.75) is 11.8 Å². The number of hydrogen-bond donors (Lipinski definition) is 1. The van der Waals surface area contributed by atoms with Gasteiger partial charge in [0.1, 0.15) is 5.65 Å². The first-order valence-electron chi connectivity index (χ1n) is 10.9. The van der Waals surface area contributed by atoms with Gasteiger partial charge in [-0.1, -0.05) is 24.3 Å². The number of carbonyl (C=O) groups is 1. The number of carbonyl (C=O) groups excluding carboxylic acids is 1. The van der Waals surface area contributed by atoms with Crippen LogP contribution in [-0.2, 0) is 9.84 Å². The Morgan fingerprint density at radius 3 is 2.53 bits per heavy atom. The first kappa shape index (κ1) is 23.2. The van der Waals surface area contributed by atoms with Gasteiger partial charge in [-0.25, -0.2) is 23.4 Å². The van der Waals surface area contributed by atoms with E-state index in [9.17, 15) is 13.2 Å². The summed E-state index contributed by atoms with van der Waals surface area (Å²) in [5.41, 5.74) is 4.12. The van der Waals surface area contributed by atoms with Gasteiger partial charge in [0.25, 0.3) is 5.91 Å². The highest BCUT2D eigenvalue weighted by Gasteiger charge is 2.20. The molecule has 0 spiro atoms. The molecule has 0 saturated carbocycles. The van der Waals surface area contributed by atoms with Gasteiger partial charge in [-0.2, -0.15) is 0 Å². The highest BCUT2D eigenvalue weighted by molar-refractivity contribution is 7.90. The van der Waals surface area contributed by atoms with Gasteiger partial charge in [0.15, 0.2) is 21.3 Å². The average Bonchev–Trinajstić information content (AvgIpc) is 3.30. The zero-order valence-electron chi connectivity index (χ0n) is 19.4. The van der Waals surface area contributed by atoms with E-state index in [4.69, 9.17) is 9.72 Å². The molecule has 1 aromatic carbocycles. The molecule has 4 heterocycles. The molecule has 5 aromatic rings. The minimum atomic E-state index is -3.56. The molecule has 0 fully saturated rings. The lowest BCUT2D eigenvalue weighted by molar-refractivity contribution is 0.101. The van der Waals surface area contributed by atoms with Crippen LogP contribution < -0.4 is 10.1 Å². The number of pyridine rings is 3. The number of ether oxygens (including phenoxy) is 1. The van der Waals surface area contributed by atoms with Crippen molar-refractivity contribution in [2.75, 3.05) is 11.6 Å². The number of aromatic nitrogens is 4. The Bertz CT molecular complexity index is 1680. The smallest absolute Gasteiger partial charge is 0.278 e. The molecule has 9 nitrogen and oxygen atoms in total. The molecule has 4 aromatic heterocycles. The number of fused-ring (bicyclic) bond motifs is 1. The number of aryl methyl sites for hydroxylation is 1. The number of sulfone groups is 1. The molecule has 10 heteroatoms. The highest BCUT2D eigenvalue weighted by atomic mass is 32.2. The van der Waals surface area contributed by atoms with Crippen molar-refractivity contribution in [1.82, 2.24) is 19.4 Å². The first-order valence-corrected chi connectivity index (χ1v) is 12.8. The zero-order valence-corrected chi connectivity index (χ0v) is 20.2. The van der Waals surface area contributed by atoms with Gasteiger partial charge in [0.2, 0.25) is 5.88 Å². The predicted molar refractivity (Wildman–Crippen MR) is 135 cm³/mol. The third-order valence-corrected chi connectivity index (χ3v) is 6.52. The van der Waals surface area contributed by atoms with E-state index in [-0.39, 0.29) is 22.2 Å². The van der Waals surface area contributed by atoms with E-state index in [1.165, 1.54) is 12.3 Å². The fourth-order valence-electron chi connectivity index (χ4n) is 3.61. The Labute approximate surface area is 207 Å². The van der Waals surface area contributed by atoms with Crippen LogP contribution in [0.2, 0.25) is 0 Å². The van der Waals surface area contributed by atoms with Gasteiger partial charge in [-0.05, 0) is 36.8 Å². The van der Waals surface area contributed by atoms with Crippen LogP contribution in [0.15, 0.2) is 90.3 Å². The van der Waals surface area contributed by atoms with Crippen LogP contribution in [0.3, 0.4) is 0 Å². The Balaban J connectivity index is 1.41. The highest BCUT2D eigenvalue weighted by Crippen LogP contribution is 2.27. The van der Waals surface area contributed by atoms with E-state index in [0.717, 1.165) is 34.9 Å². The Kier molecular flexibility index (Phi) is 5.95. The first-order chi connectivity index (χ1) is 17.3. The van der Waals surface area contributed by atoms with Crippen LogP contribution in [0.25, 0.3) is 16.9 Å². The summed E-state index contributed by atoms with van der Waals surface area (Å²) in [4.78, 5) is 25.8. The lowest BCUT2D eigenvalue weighted by Crippen LogP contribution is -2.15. The maximum absolute atomic E-state index is 13.1. The minimum absolute atomic E-state index is 0.0224. The standard InChI is InChI=1S/C26H21N5O4S/c1-17-6-5-13-31-16-21(30-25(17)31)18-8-10-19(11-9-18)29-26(32)24-22(35-23-7-3-4-12-27-23)14-20(15-28-24)36(2,33)34/h3-16H,1-2H3,(H,29,32). The SMILES string of the molecule is Cc1cccn2cc(-c3ccc(NC(=O)c4ncc(S(C)(=O)=O)cc4Oc4ccccn4)cc3)nc12. The minimum Gasteiger partial charge on any atom is -0.437 e. The summed E-state index contributed by atoms with van der Waals surface area (Å²) in [5, 5.41) is 2.78. The number of rotatable bonds is 6. The van der Waals surface area contributed by atoms with Crippen molar-refractivity contribution in [2.24, 2.45) is 0 Å². The zero-order chi connectivity index (χ0) is 25.3. The van der Waals surface area contributed by atoms with Crippen molar-refractivity contribution in [1.29, 1.82) is 0 Å². The lowest BCUT2D eigenvalue weighted by Gasteiger charge is -2.11. The molecule has 0 atom stereocenters. The summed E-state index contributed by atoms with van der Waals surface area (Å²) in [7, 11) is -3.56. The molecule has 180 valence electrons. The molecule has 0 radical (unpaired) electrons. The van der Waals surface area contributed by atoms with Gasteiger partial charge in [-0.15, -0.1) is 0 Å². The van der Waals surface area contributed by atoms with Gasteiger partial charge in [-0.3, -0.25) is 4.79 Å². The Hall–Kier alpha value is -4.57. The van der Waals surface area contributed by atoms with Gasteiger partial charge < -0.3 is 14.5 Å². The number of anilines is 1. The fraction of sp³-hybridized carbons (Fsp3) is 0.0769. The third kappa shape index (κ3) is 4.80. The van der Waals surface area contributed by atoms with Crippen LogP contribution in [0, 0.1) is 6.92 Å². The number of benzene rings is 1. The summed E-state index contributed by atoms with van der Waals surface area (Å²) < 4.78 is 31.7. The number of hydrogen-bond acceptors (Lipinski definition) is 7. The van der Waals surface area contributed by atoms with E-state index < -0.39 is 15.7 Å². The maximum Gasteiger partial charge on any atom is 0.278 e. The molecule has 0 aliphatic carbocycles. The van der Waals surface area contributed by atoms with Crippen LogP contribution in [0.4, 0.5) is 5.69 Å². The fourth-order valence-corrected chi connectivity index (χ4v) is 4.17. The second-order valence-corrected chi connectivity index (χ2v) is 10.2. The quantitative estimate of drug-likeness (QED) is 0.364. The number of nitrogens with zero attached hydrogens (tertiary/aromatic N) is 4. The molecule has 0 bridgehead atoms. The Morgan fingerprint density at radius 1 is 1.03 bits per heavy atom. The van der Waals surface area contributed by atoms with Crippen molar-refractivity contribution >= 4 is 27.1 Å². The van der Waals surface area contributed by atoms with E-state index in [0.29, 0.717) is 5.69 Å². The monoisotopic (exact) mass is 499 g/mol. The van der Waals surface area contributed by atoms with E-state index in [1.54, 1.807) is 30.3 Å². The van der Waals surface area contributed by atoms with Crippen LogP contribution in [0.1, 0.15) is 16.1 Å². The van der Waals surface area contributed by atoms with Crippen LogP contribution in [0.5, 0.6) is 11.6 Å². The lowest BCUT2D eigenvalue weighted by atomic mass is 10.1. The van der Waals surface area contributed by atoms with Crippen molar-refractivity contribution < 1.29 is 17.9 Å². The molecule has 0 unspecified atom stereocenters. The van der Waals surface area contributed by atoms with Crippen molar-refractivity contribution in [3.05, 3.63) is 96.7 Å². The molecule has 0 aliphatic heterocycles. The Morgan fingerprint density at radius 2 is 1.83 bits per heavy atom. The molecule has 5 rings (SSSR count). The molecule has 0 saturated heterocycles.